The molecule has 1 aliphatic heterocycles. The molecule has 1 unspecified atom stereocenters. The summed E-state index contributed by atoms with van der Waals surface area (Å²) in [6, 6.07) is 2.13. The third-order valence-corrected chi connectivity index (χ3v) is 5.94. The summed E-state index contributed by atoms with van der Waals surface area (Å²) in [5.41, 5.74) is 1.41. The molecule has 1 aromatic rings. The third kappa shape index (κ3) is 5.18. The van der Waals surface area contributed by atoms with Gasteiger partial charge in [0, 0.05) is 37.6 Å². The van der Waals surface area contributed by atoms with E-state index in [0.717, 1.165) is 69.3 Å². The maximum absolute atomic E-state index is 12.3. The summed E-state index contributed by atoms with van der Waals surface area (Å²) in [4.78, 5) is 17.1. The van der Waals surface area contributed by atoms with Gasteiger partial charge in [0.1, 0.15) is 0 Å². The van der Waals surface area contributed by atoms with Crippen LogP contribution < -0.4 is 10.6 Å². The second-order valence-electron chi connectivity index (χ2n) is 6.61. The van der Waals surface area contributed by atoms with Crippen LogP contribution in [-0.4, -0.2) is 50.1 Å². The van der Waals surface area contributed by atoms with E-state index in [1.165, 1.54) is 16.9 Å². The van der Waals surface area contributed by atoms with E-state index in [1.54, 1.807) is 11.3 Å². The lowest BCUT2D eigenvalue weighted by atomic mass is 9.90. The van der Waals surface area contributed by atoms with Crippen LogP contribution in [-0.2, 0) is 12.8 Å². The van der Waals surface area contributed by atoms with Gasteiger partial charge < -0.3 is 15.5 Å². The van der Waals surface area contributed by atoms with Crippen LogP contribution in [0.4, 0.5) is 0 Å². The molecule has 1 fully saturated rings. The zero-order chi connectivity index (χ0) is 15.4. The van der Waals surface area contributed by atoms with Gasteiger partial charge in [0.05, 0.1) is 4.88 Å². The van der Waals surface area contributed by atoms with Gasteiger partial charge in [0.25, 0.3) is 5.91 Å². The van der Waals surface area contributed by atoms with Crippen molar-refractivity contribution in [1.82, 2.24) is 15.5 Å². The lowest BCUT2D eigenvalue weighted by molar-refractivity contribution is 0.0955. The highest BCUT2D eigenvalue weighted by atomic mass is 35.5. The molecule has 0 saturated carbocycles. The Hall–Kier alpha value is -0.620. The second kappa shape index (κ2) is 9.02. The Labute approximate surface area is 149 Å². The van der Waals surface area contributed by atoms with Gasteiger partial charge in [-0.1, -0.05) is 6.92 Å². The van der Waals surface area contributed by atoms with Crippen LogP contribution in [0.5, 0.6) is 0 Å². The zero-order valence-corrected chi connectivity index (χ0v) is 15.5. The van der Waals surface area contributed by atoms with Gasteiger partial charge in [-0.05, 0) is 49.8 Å². The Bertz CT molecular complexity index is 514. The third-order valence-electron chi connectivity index (χ3n) is 4.70. The smallest absolute Gasteiger partial charge is 0.261 e. The predicted octanol–water partition coefficient (Wildman–Crippen LogP) is 2.32. The summed E-state index contributed by atoms with van der Waals surface area (Å²) in [5, 5.41) is 6.45. The first kappa shape index (κ1) is 18.7. The molecule has 0 aromatic carbocycles. The fourth-order valence-corrected chi connectivity index (χ4v) is 4.47. The quantitative estimate of drug-likeness (QED) is 0.795. The lowest BCUT2D eigenvalue weighted by Crippen LogP contribution is -2.44. The maximum Gasteiger partial charge on any atom is 0.261 e. The van der Waals surface area contributed by atoms with Gasteiger partial charge in [0.15, 0.2) is 0 Å². The van der Waals surface area contributed by atoms with Gasteiger partial charge in [-0.2, -0.15) is 0 Å². The first-order valence-electron chi connectivity index (χ1n) is 8.55. The van der Waals surface area contributed by atoms with Crippen molar-refractivity contribution in [3.8, 4) is 0 Å². The minimum absolute atomic E-state index is 0. The molecule has 2 heterocycles. The van der Waals surface area contributed by atoms with E-state index in [4.69, 9.17) is 0 Å². The Kier molecular flexibility index (Phi) is 7.34. The number of hydrogen-bond donors (Lipinski definition) is 2. The molecule has 0 radical (unpaired) electrons. The number of carbonyl (C=O) groups is 1. The molecular formula is C17H28ClN3OS. The van der Waals surface area contributed by atoms with Crippen molar-refractivity contribution in [2.24, 2.45) is 5.92 Å². The molecule has 1 aliphatic carbocycles. The van der Waals surface area contributed by atoms with E-state index < -0.39 is 0 Å². The normalized spacial score (nSPS) is 21.3. The SMILES string of the molecule is CC1CCc2sc(C(=O)NCCCN3CCNCC3)cc2C1.Cl. The maximum atomic E-state index is 12.3. The van der Waals surface area contributed by atoms with Gasteiger partial charge in [0.2, 0.25) is 0 Å². The van der Waals surface area contributed by atoms with Crippen LogP contribution in [0.1, 0.15) is 39.9 Å². The van der Waals surface area contributed by atoms with Crippen molar-refractivity contribution in [3.05, 3.63) is 21.4 Å². The largest absolute Gasteiger partial charge is 0.351 e. The van der Waals surface area contributed by atoms with E-state index >= 15 is 0 Å². The van der Waals surface area contributed by atoms with Gasteiger partial charge in [-0.15, -0.1) is 23.7 Å². The summed E-state index contributed by atoms with van der Waals surface area (Å²) < 4.78 is 0. The minimum atomic E-state index is 0. The number of hydrogen-bond acceptors (Lipinski definition) is 4. The Morgan fingerprint density at radius 2 is 2.22 bits per heavy atom. The average molecular weight is 358 g/mol. The Balaban J connectivity index is 0.00000192. The van der Waals surface area contributed by atoms with E-state index in [1.807, 2.05) is 0 Å². The molecule has 1 aromatic heterocycles. The Morgan fingerprint density at radius 3 is 3.00 bits per heavy atom. The lowest BCUT2D eigenvalue weighted by Gasteiger charge is -2.27. The topological polar surface area (TPSA) is 44.4 Å². The average Bonchev–Trinajstić information content (AvgIpc) is 2.95. The van der Waals surface area contributed by atoms with E-state index in [9.17, 15) is 4.79 Å². The summed E-state index contributed by atoms with van der Waals surface area (Å²) in [6.07, 6.45) is 4.59. The van der Waals surface area contributed by atoms with Crippen molar-refractivity contribution >= 4 is 29.7 Å². The van der Waals surface area contributed by atoms with Crippen LogP contribution in [0.3, 0.4) is 0 Å². The van der Waals surface area contributed by atoms with Crippen molar-refractivity contribution in [2.45, 2.75) is 32.6 Å². The number of carbonyl (C=O) groups excluding carboxylic acids is 1. The van der Waals surface area contributed by atoms with Crippen LogP contribution in [0.2, 0.25) is 0 Å². The summed E-state index contributed by atoms with van der Waals surface area (Å²) in [6.45, 7) is 8.60. The summed E-state index contributed by atoms with van der Waals surface area (Å²) in [7, 11) is 0. The molecule has 3 rings (SSSR count). The zero-order valence-electron chi connectivity index (χ0n) is 13.9. The molecule has 0 spiro atoms. The van der Waals surface area contributed by atoms with Crippen LogP contribution in [0.15, 0.2) is 6.07 Å². The van der Waals surface area contributed by atoms with Crippen molar-refractivity contribution in [3.63, 3.8) is 0 Å². The van der Waals surface area contributed by atoms with E-state index in [2.05, 4.69) is 28.5 Å². The minimum Gasteiger partial charge on any atom is -0.351 e. The summed E-state index contributed by atoms with van der Waals surface area (Å²) in [5.74, 6) is 0.879. The van der Waals surface area contributed by atoms with Crippen LogP contribution >= 0.6 is 23.7 Å². The summed E-state index contributed by atoms with van der Waals surface area (Å²) >= 11 is 1.70. The molecule has 2 aliphatic rings. The Morgan fingerprint density at radius 1 is 1.43 bits per heavy atom. The number of nitrogens with zero attached hydrogens (tertiary/aromatic N) is 1. The molecule has 0 bridgehead atoms. The molecule has 1 saturated heterocycles. The molecular weight excluding hydrogens is 330 g/mol. The number of fused-ring (bicyclic) bond motifs is 1. The van der Waals surface area contributed by atoms with Gasteiger partial charge in [-0.25, -0.2) is 0 Å². The predicted molar refractivity (Wildman–Crippen MR) is 99.0 cm³/mol. The molecule has 1 amide bonds. The molecule has 2 N–H and O–H groups in total. The number of rotatable bonds is 5. The van der Waals surface area contributed by atoms with Crippen molar-refractivity contribution in [2.75, 3.05) is 39.3 Å². The van der Waals surface area contributed by atoms with Crippen LogP contribution in [0.25, 0.3) is 0 Å². The number of thiophene rings is 1. The van der Waals surface area contributed by atoms with Gasteiger partial charge in [-0.3, -0.25) is 4.79 Å². The molecule has 130 valence electrons. The number of amides is 1. The number of piperazine rings is 1. The number of nitrogens with one attached hydrogen (secondary N) is 2. The first-order valence-corrected chi connectivity index (χ1v) is 9.37. The standard InChI is InChI=1S/C17H27N3OS.ClH/c1-13-3-4-15-14(11-13)12-16(22-15)17(21)19-5-2-8-20-9-6-18-7-10-20;/h12-13,18H,2-11H2,1H3,(H,19,21);1H. The molecule has 1 atom stereocenters. The van der Waals surface area contributed by atoms with E-state index in [0.29, 0.717) is 0 Å². The first-order chi connectivity index (χ1) is 10.7. The fourth-order valence-electron chi connectivity index (χ4n) is 3.34. The van der Waals surface area contributed by atoms with Crippen molar-refractivity contribution < 1.29 is 4.79 Å². The molecule has 6 heteroatoms. The monoisotopic (exact) mass is 357 g/mol. The fraction of sp³-hybridized carbons (Fsp3) is 0.706. The molecule has 4 nitrogen and oxygen atoms in total. The second-order valence-corrected chi connectivity index (χ2v) is 7.74. The van der Waals surface area contributed by atoms with Crippen LogP contribution in [0, 0.1) is 5.92 Å². The van der Waals surface area contributed by atoms with E-state index in [-0.39, 0.29) is 18.3 Å². The van der Waals surface area contributed by atoms with Gasteiger partial charge >= 0.3 is 0 Å². The number of halogens is 1. The molecule has 23 heavy (non-hydrogen) atoms. The van der Waals surface area contributed by atoms with Crippen molar-refractivity contribution in [1.29, 1.82) is 0 Å². The number of aryl methyl sites for hydroxylation is 1. The highest BCUT2D eigenvalue weighted by Crippen LogP contribution is 2.32. The highest BCUT2D eigenvalue weighted by Gasteiger charge is 2.20. The highest BCUT2D eigenvalue weighted by molar-refractivity contribution is 7.14.